The first-order valence-electron chi connectivity index (χ1n) is 5.95. The summed E-state index contributed by atoms with van der Waals surface area (Å²) in [6, 6.07) is 2.13. The van der Waals surface area contributed by atoms with Crippen LogP contribution < -0.4 is 10.2 Å². The number of halogens is 1. The lowest BCUT2D eigenvalue weighted by molar-refractivity contribution is 0.465. The zero-order chi connectivity index (χ0) is 13.1. The number of hydrogen-bond donors (Lipinski definition) is 1. The quantitative estimate of drug-likeness (QED) is 0.905. The molecular formula is C13H22BrN3. The molecule has 1 N–H and O–H groups in total. The Kier molecular flexibility index (Phi) is 4.95. The second-order valence-electron chi connectivity index (χ2n) is 4.89. The highest BCUT2D eigenvalue weighted by Gasteiger charge is 2.24. The van der Waals surface area contributed by atoms with Gasteiger partial charge in [0.1, 0.15) is 5.82 Å². The molecule has 0 bridgehead atoms. The SMILES string of the molecule is CCC(C)(C)N(C)c1ncc(Br)cc1CNC. The first kappa shape index (κ1) is 14.5. The second kappa shape index (κ2) is 5.83. The van der Waals surface area contributed by atoms with Crippen LogP contribution in [0.2, 0.25) is 0 Å². The maximum Gasteiger partial charge on any atom is 0.133 e. The molecule has 96 valence electrons. The van der Waals surface area contributed by atoms with Crippen LogP contribution in [0, 0.1) is 0 Å². The monoisotopic (exact) mass is 299 g/mol. The molecule has 1 rings (SSSR count). The van der Waals surface area contributed by atoms with Gasteiger partial charge >= 0.3 is 0 Å². The van der Waals surface area contributed by atoms with Crippen molar-refractivity contribution in [3.8, 4) is 0 Å². The fourth-order valence-electron chi connectivity index (χ4n) is 1.62. The second-order valence-corrected chi connectivity index (χ2v) is 5.81. The van der Waals surface area contributed by atoms with Crippen LogP contribution in [0.3, 0.4) is 0 Å². The van der Waals surface area contributed by atoms with Gasteiger partial charge in [0.2, 0.25) is 0 Å². The highest BCUT2D eigenvalue weighted by molar-refractivity contribution is 9.10. The summed E-state index contributed by atoms with van der Waals surface area (Å²) in [6.45, 7) is 7.50. The van der Waals surface area contributed by atoms with Gasteiger partial charge in [0.15, 0.2) is 0 Å². The largest absolute Gasteiger partial charge is 0.354 e. The van der Waals surface area contributed by atoms with Gasteiger partial charge in [-0.1, -0.05) is 6.92 Å². The minimum Gasteiger partial charge on any atom is -0.354 e. The van der Waals surface area contributed by atoms with Crippen molar-refractivity contribution in [1.29, 1.82) is 0 Å². The van der Waals surface area contributed by atoms with E-state index in [-0.39, 0.29) is 5.54 Å². The van der Waals surface area contributed by atoms with Gasteiger partial charge in [0.25, 0.3) is 0 Å². The number of aromatic nitrogens is 1. The van der Waals surface area contributed by atoms with Crippen LogP contribution in [0.4, 0.5) is 5.82 Å². The first-order chi connectivity index (χ1) is 7.92. The van der Waals surface area contributed by atoms with E-state index in [1.165, 1.54) is 5.56 Å². The minimum atomic E-state index is 0.114. The molecule has 0 amide bonds. The highest BCUT2D eigenvalue weighted by atomic mass is 79.9. The van der Waals surface area contributed by atoms with Gasteiger partial charge < -0.3 is 10.2 Å². The lowest BCUT2D eigenvalue weighted by atomic mass is 9.99. The van der Waals surface area contributed by atoms with Crippen molar-refractivity contribution in [1.82, 2.24) is 10.3 Å². The Bertz CT molecular complexity index is 377. The molecule has 3 nitrogen and oxygen atoms in total. The summed E-state index contributed by atoms with van der Waals surface area (Å²) in [6.07, 6.45) is 2.94. The molecule has 0 atom stereocenters. The maximum atomic E-state index is 4.55. The van der Waals surface area contributed by atoms with E-state index < -0.39 is 0 Å². The van der Waals surface area contributed by atoms with Crippen molar-refractivity contribution in [2.75, 3.05) is 19.0 Å². The summed E-state index contributed by atoms with van der Waals surface area (Å²) in [5.74, 6) is 1.05. The van der Waals surface area contributed by atoms with E-state index in [2.05, 4.69) is 65.0 Å². The predicted octanol–water partition coefficient (Wildman–Crippen LogP) is 3.19. The molecule has 1 aromatic rings. The van der Waals surface area contributed by atoms with E-state index in [4.69, 9.17) is 0 Å². The Morgan fingerprint density at radius 3 is 2.65 bits per heavy atom. The van der Waals surface area contributed by atoms with Gasteiger partial charge in [-0.2, -0.15) is 0 Å². The molecule has 0 aliphatic heterocycles. The highest BCUT2D eigenvalue weighted by Crippen LogP contribution is 2.27. The number of nitrogens with one attached hydrogen (secondary N) is 1. The molecule has 0 unspecified atom stereocenters. The molecule has 0 aliphatic rings. The first-order valence-corrected chi connectivity index (χ1v) is 6.74. The average Bonchev–Trinajstić information content (AvgIpc) is 2.29. The van der Waals surface area contributed by atoms with Crippen molar-refractivity contribution < 1.29 is 0 Å². The summed E-state index contributed by atoms with van der Waals surface area (Å²) in [5, 5.41) is 3.19. The molecule has 0 saturated carbocycles. The molecule has 0 spiro atoms. The van der Waals surface area contributed by atoms with E-state index >= 15 is 0 Å². The molecular weight excluding hydrogens is 278 g/mol. The van der Waals surface area contributed by atoms with Gasteiger partial charge in [-0.05, 0) is 49.3 Å². The molecule has 1 aromatic heterocycles. The lowest BCUT2D eigenvalue weighted by Gasteiger charge is -2.37. The Balaban J connectivity index is 3.12. The van der Waals surface area contributed by atoms with Gasteiger partial charge in [0.05, 0.1) is 0 Å². The zero-order valence-electron chi connectivity index (χ0n) is 11.3. The Morgan fingerprint density at radius 1 is 1.47 bits per heavy atom. The van der Waals surface area contributed by atoms with Crippen LogP contribution in [0.15, 0.2) is 16.7 Å². The molecule has 17 heavy (non-hydrogen) atoms. The van der Waals surface area contributed by atoms with Crippen molar-refractivity contribution in [3.63, 3.8) is 0 Å². The maximum absolute atomic E-state index is 4.55. The van der Waals surface area contributed by atoms with Crippen LogP contribution >= 0.6 is 15.9 Å². The van der Waals surface area contributed by atoms with Crippen LogP contribution in [-0.4, -0.2) is 24.6 Å². The molecule has 4 heteroatoms. The van der Waals surface area contributed by atoms with Crippen LogP contribution in [0.25, 0.3) is 0 Å². The normalized spacial score (nSPS) is 11.6. The summed E-state index contributed by atoms with van der Waals surface area (Å²) < 4.78 is 1.02. The minimum absolute atomic E-state index is 0.114. The topological polar surface area (TPSA) is 28.2 Å². The third-order valence-corrected chi connectivity index (χ3v) is 3.80. The smallest absolute Gasteiger partial charge is 0.133 e. The molecule has 0 radical (unpaired) electrons. The molecule has 1 heterocycles. The Morgan fingerprint density at radius 2 is 2.12 bits per heavy atom. The summed E-state index contributed by atoms with van der Waals surface area (Å²) in [5.41, 5.74) is 1.33. The summed E-state index contributed by atoms with van der Waals surface area (Å²) in [4.78, 5) is 6.81. The van der Waals surface area contributed by atoms with Gasteiger partial charge in [-0.15, -0.1) is 0 Å². The molecule has 0 saturated heterocycles. The zero-order valence-corrected chi connectivity index (χ0v) is 12.9. The summed E-state index contributed by atoms with van der Waals surface area (Å²) in [7, 11) is 4.06. The van der Waals surface area contributed by atoms with E-state index in [0.29, 0.717) is 0 Å². The number of rotatable bonds is 5. The van der Waals surface area contributed by atoms with Crippen molar-refractivity contribution in [2.45, 2.75) is 39.3 Å². The number of hydrogen-bond acceptors (Lipinski definition) is 3. The number of nitrogens with zero attached hydrogens (tertiary/aromatic N) is 2. The third-order valence-electron chi connectivity index (χ3n) is 3.37. The van der Waals surface area contributed by atoms with Crippen LogP contribution in [0.1, 0.15) is 32.8 Å². The van der Waals surface area contributed by atoms with E-state index in [1.54, 1.807) is 0 Å². The van der Waals surface area contributed by atoms with E-state index in [1.807, 2.05) is 13.2 Å². The molecule has 0 aliphatic carbocycles. The molecule has 0 aromatic carbocycles. The summed E-state index contributed by atoms with van der Waals surface area (Å²) >= 11 is 3.47. The fraction of sp³-hybridized carbons (Fsp3) is 0.615. The van der Waals surface area contributed by atoms with E-state index in [9.17, 15) is 0 Å². The number of pyridine rings is 1. The van der Waals surface area contributed by atoms with Gasteiger partial charge in [0, 0.05) is 35.4 Å². The van der Waals surface area contributed by atoms with Crippen molar-refractivity contribution >= 4 is 21.7 Å². The predicted molar refractivity (Wildman–Crippen MR) is 77.5 cm³/mol. The standard InChI is InChI=1S/C13H22BrN3/c1-6-13(2,3)17(5)12-10(8-15-4)7-11(14)9-16-12/h7,9,15H,6,8H2,1-5H3. The van der Waals surface area contributed by atoms with E-state index in [0.717, 1.165) is 23.3 Å². The van der Waals surface area contributed by atoms with Crippen LogP contribution in [0.5, 0.6) is 0 Å². The Hall–Kier alpha value is -0.610. The average molecular weight is 300 g/mol. The van der Waals surface area contributed by atoms with Crippen LogP contribution in [-0.2, 0) is 6.54 Å². The third kappa shape index (κ3) is 3.42. The molecule has 0 fully saturated rings. The van der Waals surface area contributed by atoms with Gasteiger partial charge in [-0.25, -0.2) is 4.98 Å². The fourth-order valence-corrected chi connectivity index (χ4v) is 2.00. The Labute approximate surface area is 113 Å². The lowest BCUT2D eigenvalue weighted by Crippen LogP contribution is -2.41. The van der Waals surface area contributed by atoms with Gasteiger partial charge in [-0.3, -0.25) is 0 Å². The van der Waals surface area contributed by atoms with Crippen molar-refractivity contribution in [2.24, 2.45) is 0 Å². The van der Waals surface area contributed by atoms with Crippen molar-refractivity contribution in [3.05, 3.63) is 22.3 Å². The number of anilines is 1.